The predicted molar refractivity (Wildman–Crippen MR) is 128 cm³/mol. The van der Waals surface area contributed by atoms with E-state index in [1.807, 2.05) is 32.1 Å². The first-order chi connectivity index (χ1) is 14.9. The lowest BCUT2D eigenvalue weighted by Gasteiger charge is -2.12. The molecular formula is C25H23ClN2O2S. The molecular weight excluding hydrogens is 428 g/mol. The summed E-state index contributed by atoms with van der Waals surface area (Å²) in [5.41, 5.74) is 6.29. The average Bonchev–Trinajstić information content (AvgIpc) is 3.19. The highest BCUT2D eigenvalue weighted by Crippen LogP contribution is 2.34. The lowest BCUT2D eigenvalue weighted by Crippen LogP contribution is -2.27. The first kappa shape index (κ1) is 21.5. The van der Waals surface area contributed by atoms with E-state index >= 15 is 0 Å². The monoisotopic (exact) mass is 450 g/mol. The van der Waals surface area contributed by atoms with Crippen LogP contribution >= 0.6 is 23.4 Å². The zero-order valence-electron chi connectivity index (χ0n) is 17.7. The second-order valence-corrected chi connectivity index (χ2v) is 9.01. The lowest BCUT2D eigenvalue weighted by molar-refractivity contribution is -0.123. The van der Waals surface area contributed by atoms with Crippen LogP contribution in [0.15, 0.2) is 59.5 Å². The van der Waals surface area contributed by atoms with Gasteiger partial charge < -0.3 is 4.57 Å². The van der Waals surface area contributed by atoms with Crippen molar-refractivity contribution in [2.75, 3.05) is 0 Å². The third kappa shape index (κ3) is 4.34. The van der Waals surface area contributed by atoms with Crippen LogP contribution in [0.4, 0.5) is 4.79 Å². The van der Waals surface area contributed by atoms with Gasteiger partial charge in [0.15, 0.2) is 0 Å². The topological polar surface area (TPSA) is 42.3 Å². The van der Waals surface area contributed by atoms with Crippen molar-refractivity contribution in [2.45, 2.75) is 33.7 Å². The number of aromatic nitrogens is 1. The Hall–Kier alpha value is -2.76. The normalized spacial score (nSPS) is 15.4. The van der Waals surface area contributed by atoms with Crippen LogP contribution in [0.2, 0.25) is 5.02 Å². The minimum Gasteiger partial charge on any atom is -0.318 e. The van der Waals surface area contributed by atoms with Crippen molar-refractivity contribution in [3.8, 4) is 5.69 Å². The quantitative estimate of drug-likeness (QED) is 0.414. The second-order valence-electron chi connectivity index (χ2n) is 7.58. The Morgan fingerprint density at radius 1 is 0.968 bits per heavy atom. The average molecular weight is 451 g/mol. The summed E-state index contributed by atoms with van der Waals surface area (Å²) in [5.74, 6) is -0.262. The molecule has 2 aromatic carbocycles. The summed E-state index contributed by atoms with van der Waals surface area (Å²) in [7, 11) is 0. The zero-order chi connectivity index (χ0) is 22.1. The van der Waals surface area contributed by atoms with E-state index in [4.69, 9.17) is 11.6 Å². The molecule has 158 valence electrons. The van der Waals surface area contributed by atoms with Crippen molar-refractivity contribution in [3.63, 3.8) is 0 Å². The lowest BCUT2D eigenvalue weighted by atomic mass is 10.1. The number of nitrogens with zero attached hydrogens (tertiary/aromatic N) is 2. The number of aryl methyl sites for hydroxylation is 2. The van der Waals surface area contributed by atoms with Crippen LogP contribution < -0.4 is 0 Å². The van der Waals surface area contributed by atoms with E-state index in [1.165, 1.54) is 10.5 Å². The molecule has 0 unspecified atom stereocenters. The van der Waals surface area contributed by atoms with E-state index in [0.29, 0.717) is 9.93 Å². The summed E-state index contributed by atoms with van der Waals surface area (Å²) < 4.78 is 2.17. The number of carbonyl (C=O) groups excluding carboxylic acids is 2. The number of hydrogen-bond donors (Lipinski definition) is 0. The highest BCUT2D eigenvalue weighted by atomic mass is 35.5. The minimum absolute atomic E-state index is 0.238. The number of halogens is 1. The zero-order valence-corrected chi connectivity index (χ0v) is 19.3. The Bertz CT molecular complexity index is 1180. The van der Waals surface area contributed by atoms with Crippen LogP contribution in [-0.4, -0.2) is 20.6 Å². The summed E-state index contributed by atoms with van der Waals surface area (Å²) in [4.78, 5) is 27.1. The SMILES string of the molecule is CCc1ccc(-n2c(C)cc(/C=C3\SC(=O)N(Cc4ccc(Cl)cc4)C3=O)c2C)cc1. The molecule has 4 nitrogen and oxygen atoms in total. The van der Waals surface area contributed by atoms with Gasteiger partial charge in [-0.15, -0.1) is 0 Å². The number of carbonyl (C=O) groups is 2. The van der Waals surface area contributed by atoms with E-state index in [1.54, 1.807) is 12.1 Å². The smallest absolute Gasteiger partial charge is 0.293 e. The Balaban J connectivity index is 1.60. The van der Waals surface area contributed by atoms with E-state index in [9.17, 15) is 9.59 Å². The summed E-state index contributed by atoms with van der Waals surface area (Å²) in [5, 5.41) is 0.368. The van der Waals surface area contributed by atoms with Gasteiger partial charge in [-0.2, -0.15) is 0 Å². The molecule has 1 aromatic heterocycles. The van der Waals surface area contributed by atoms with Gasteiger partial charge in [-0.25, -0.2) is 0 Å². The molecule has 1 aliphatic rings. The van der Waals surface area contributed by atoms with E-state index < -0.39 is 0 Å². The standard InChI is InChI=1S/C25H23ClN2O2S/c1-4-18-7-11-22(12-8-18)28-16(2)13-20(17(28)3)14-23-24(29)27(25(30)31-23)15-19-5-9-21(26)10-6-19/h5-14H,4,15H2,1-3H3/b23-14-. The molecule has 2 amide bonds. The summed E-state index contributed by atoms with van der Waals surface area (Å²) in [6.45, 7) is 6.45. The van der Waals surface area contributed by atoms with Gasteiger partial charge in [-0.3, -0.25) is 14.5 Å². The van der Waals surface area contributed by atoms with Crippen molar-refractivity contribution in [1.82, 2.24) is 9.47 Å². The summed E-state index contributed by atoms with van der Waals surface area (Å²) in [6.07, 6.45) is 2.83. The van der Waals surface area contributed by atoms with Crippen LogP contribution in [0.5, 0.6) is 0 Å². The molecule has 6 heteroatoms. The molecule has 0 radical (unpaired) electrons. The van der Waals surface area contributed by atoms with Crippen molar-refractivity contribution in [2.24, 2.45) is 0 Å². The van der Waals surface area contributed by atoms with Crippen LogP contribution in [0.1, 0.15) is 35.0 Å². The Kier molecular flexibility index (Phi) is 6.08. The number of amides is 2. The molecule has 0 N–H and O–H groups in total. The molecule has 3 aromatic rings. The summed E-state index contributed by atoms with van der Waals surface area (Å²) in [6, 6.07) is 17.7. The van der Waals surface area contributed by atoms with Crippen molar-refractivity contribution in [3.05, 3.63) is 92.6 Å². The maximum Gasteiger partial charge on any atom is 0.293 e. The van der Waals surface area contributed by atoms with E-state index in [-0.39, 0.29) is 17.7 Å². The molecule has 0 spiro atoms. The summed E-state index contributed by atoms with van der Waals surface area (Å²) >= 11 is 6.91. The molecule has 0 aliphatic carbocycles. The van der Waals surface area contributed by atoms with Gasteiger partial charge in [0.25, 0.3) is 11.1 Å². The molecule has 4 rings (SSSR count). The predicted octanol–water partition coefficient (Wildman–Crippen LogP) is 6.55. The molecule has 0 bridgehead atoms. The van der Waals surface area contributed by atoms with Gasteiger partial charge >= 0.3 is 0 Å². The van der Waals surface area contributed by atoms with Crippen LogP contribution in [0.25, 0.3) is 11.8 Å². The third-order valence-corrected chi connectivity index (χ3v) is 6.65. The molecule has 1 aliphatic heterocycles. The number of thioether (sulfide) groups is 1. The highest BCUT2D eigenvalue weighted by molar-refractivity contribution is 8.18. The van der Waals surface area contributed by atoms with Gasteiger partial charge in [0, 0.05) is 22.1 Å². The fourth-order valence-corrected chi connectivity index (χ4v) is 4.72. The fraction of sp³-hybridized carbons (Fsp3) is 0.200. The number of benzene rings is 2. The van der Waals surface area contributed by atoms with Gasteiger partial charge in [0.2, 0.25) is 0 Å². The molecule has 2 heterocycles. The van der Waals surface area contributed by atoms with Gasteiger partial charge in [0.05, 0.1) is 11.4 Å². The molecule has 1 saturated heterocycles. The minimum atomic E-state index is -0.262. The Morgan fingerprint density at radius 2 is 1.61 bits per heavy atom. The number of rotatable bonds is 5. The van der Waals surface area contributed by atoms with Gasteiger partial charge in [-0.1, -0.05) is 42.8 Å². The van der Waals surface area contributed by atoms with Gasteiger partial charge in [0.1, 0.15) is 0 Å². The van der Waals surface area contributed by atoms with E-state index in [2.05, 4.69) is 41.8 Å². The number of imide groups is 1. The van der Waals surface area contributed by atoms with Crippen molar-refractivity contribution in [1.29, 1.82) is 0 Å². The first-order valence-corrected chi connectivity index (χ1v) is 11.3. The second kappa shape index (κ2) is 8.77. The molecule has 1 fully saturated rings. The first-order valence-electron chi connectivity index (χ1n) is 10.2. The van der Waals surface area contributed by atoms with Gasteiger partial charge in [-0.05, 0) is 85.1 Å². The van der Waals surface area contributed by atoms with Crippen LogP contribution in [0.3, 0.4) is 0 Å². The highest BCUT2D eigenvalue weighted by Gasteiger charge is 2.35. The van der Waals surface area contributed by atoms with Crippen LogP contribution in [0, 0.1) is 13.8 Å². The Labute approximate surface area is 191 Å². The Morgan fingerprint density at radius 3 is 2.26 bits per heavy atom. The maximum atomic E-state index is 12.9. The third-order valence-electron chi connectivity index (χ3n) is 5.49. The maximum absolute atomic E-state index is 12.9. The fourth-order valence-electron chi connectivity index (χ4n) is 3.76. The van der Waals surface area contributed by atoms with Crippen molar-refractivity contribution < 1.29 is 9.59 Å². The molecule has 31 heavy (non-hydrogen) atoms. The number of hydrogen-bond acceptors (Lipinski definition) is 3. The molecule has 0 atom stereocenters. The van der Waals surface area contributed by atoms with E-state index in [0.717, 1.165) is 46.4 Å². The van der Waals surface area contributed by atoms with Crippen molar-refractivity contribution >= 4 is 40.6 Å². The molecule has 0 saturated carbocycles. The largest absolute Gasteiger partial charge is 0.318 e. The van der Waals surface area contributed by atoms with Crippen LogP contribution in [-0.2, 0) is 17.8 Å².